The van der Waals surface area contributed by atoms with Gasteiger partial charge in [0.1, 0.15) is 11.9 Å². The second kappa shape index (κ2) is 12.2. The number of benzene rings is 1. The summed E-state index contributed by atoms with van der Waals surface area (Å²) in [6, 6.07) is 7.41. The van der Waals surface area contributed by atoms with Crippen LogP contribution in [-0.4, -0.2) is 44.2 Å². The highest BCUT2D eigenvalue weighted by atomic mass is 127. The molecule has 0 aromatic heterocycles. The van der Waals surface area contributed by atoms with Crippen molar-refractivity contribution in [1.29, 1.82) is 0 Å². The summed E-state index contributed by atoms with van der Waals surface area (Å²) in [5.74, 6) is 2.62. The SMILES string of the molecule is CN=C(NCCSC)NCC(C)Oc1cccc(Cl)c1.I. The number of aliphatic imine (C=N–C) groups is 1. The van der Waals surface area contributed by atoms with E-state index in [-0.39, 0.29) is 30.1 Å². The van der Waals surface area contributed by atoms with Gasteiger partial charge in [0, 0.05) is 24.4 Å². The lowest BCUT2D eigenvalue weighted by molar-refractivity contribution is 0.224. The maximum Gasteiger partial charge on any atom is 0.191 e. The quantitative estimate of drug-likeness (QED) is 0.294. The zero-order chi connectivity index (χ0) is 14.8. The fraction of sp³-hybridized carbons (Fsp3) is 0.500. The molecule has 4 nitrogen and oxygen atoms in total. The molecule has 0 saturated carbocycles. The van der Waals surface area contributed by atoms with Gasteiger partial charge in [0.25, 0.3) is 0 Å². The first kappa shape index (κ1) is 20.7. The number of nitrogens with one attached hydrogen (secondary N) is 2. The number of ether oxygens (including phenoxy) is 1. The van der Waals surface area contributed by atoms with Crippen molar-refractivity contribution in [2.24, 2.45) is 4.99 Å². The monoisotopic (exact) mass is 443 g/mol. The van der Waals surface area contributed by atoms with Gasteiger partial charge in [0.15, 0.2) is 5.96 Å². The first-order chi connectivity index (χ1) is 9.65. The molecule has 1 aromatic carbocycles. The van der Waals surface area contributed by atoms with Gasteiger partial charge in [-0.05, 0) is 31.4 Å². The summed E-state index contributed by atoms with van der Waals surface area (Å²) in [5.41, 5.74) is 0. The minimum atomic E-state index is 0. The van der Waals surface area contributed by atoms with Crippen LogP contribution in [0.1, 0.15) is 6.92 Å². The number of halogens is 2. The minimum absolute atomic E-state index is 0. The van der Waals surface area contributed by atoms with E-state index in [1.54, 1.807) is 18.8 Å². The summed E-state index contributed by atoms with van der Waals surface area (Å²) in [5, 5.41) is 7.15. The molecule has 0 bridgehead atoms. The number of nitrogens with zero attached hydrogens (tertiary/aromatic N) is 1. The molecule has 21 heavy (non-hydrogen) atoms. The summed E-state index contributed by atoms with van der Waals surface area (Å²) in [4.78, 5) is 4.16. The number of rotatable bonds is 7. The largest absolute Gasteiger partial charge is 0.489 e. The molecule has 7 heteroatoms. The first-order valence-electron chi connectivity index (χ1n) is 6.51. The molecule has 0 aliphatic heterocycles. The van der Waals surface area contributed by atoms with Gasteiger partial charge in [-0.1, -0.05) is 17.7 Å². The van der Waals surface area contributed by atoms with Crippen molar-refractivity contribution in [2.45, 2.75) is 13.0 Å². The smallest absolute Gasteiger partial charge is 0.191 e. The number of hydrogen-bond acceptors (Lipinski definition) is 3. The number of hydrogen-bond donors (Lipinski definition) is 2. The van der Waals surface area contributed by atoms with Crippen molar-refractivity contribution in [1.82, 2.24) is 10.6 Å². The molecule has 1 atom stereocenters. The van der Waals surface area contributed by atoms with Gasteiger partial charge in [0.2, 0.25) is 0 Å². The molecule has 0 aliphatic carbocycles. The fourth-order valence-corrected chi connectivity index (χ4v) is 2.03. The van der Waals surface area contributed by atoms with Crippen LogP contribution < -0.4 is 15.4 Å². The maximum absolute atomic E-state index is 5.92. The van der Waals surface area contributed by atoms with Gasteiger partial charge < -0.3 is 15.4 Å². The Morgan fingerprint density at radius 3 is 2.81 bits per heavy atom. The van der Waals surface area contributed by atoms with Gasteiger partial charge >= 0.3 is 0 Å². The standard InChI is InChI=1S/C14H22ClN3OS.HI/c1-11(19-13-6-4-5-12(15)9-13)10-18-14(16-2)17-7-8-20-3;/h4-6,9,11H,7-8,10H2,1-3H3,(H2,16,17,18);1H. The summed E-state index contributed by atoms with van der Waals surface area (Å²) < 4.78 is 5.78. The van der Waals surface area contributed by atoms with Gasteiger partial charge in [-0.25, -0.2) is 0 Å². The molecule has 0 saturated heterocycles. The molecule has 0 heterocycles. The van der Waals surface area contributed by atoms with E-state index < -0.39 is 0 Å². The fourth-order valence-electron chi connectivity index (χ4n) is 1.55. The third kappa shape index (κ3) is 9.31. The Balaban J connectivity index is 0.00000400. The average molecular weight is 444 g/mol. The van der Waals surface area contributed by atoms with Crippen LogP contribution in [0.4, 0.5) is 0 Å². The van der Waals surface area contributed by atoms with Gasteiger partial charge in [-0.3, -0.25) is 4.99 Å². The second-order valence-electron chi connectivity index (χ2n) is 4.26. The molecule has 0 aliphatic rings. The van der Waals surface area contributed by atoms with E-state index in [4.69, 9.17) is 16.3 Å². The Bertz CT molecular complexity index is 434. The van der Waals surface area contributed by atoms with Crippen molar-refractivity contribution in [3.05, 3.63) is 29.3 Å². The normalized spacial score (nSPS) is 12.3. The van der Waals surface area contributed by atoms with E-state index in [1.807, 2.05) is 31.2 Å². The van der Waals surface area contributed by atoms with Crippen LogP contribution in [0.5, 0.6) is 5.75 Å². The molecule has 0 amide bonds. The summed E-state index contributed by atoms with van der Waals surface area (Å²) in [6.45, 7) is 3.57. The minimum Gasteiger partial charge on any atom is -0.489 e. The molecule has 1 aromatic rings. The predicted molar refractivity (Wildman–Crippen MR) is 105 cm³/mol. The van der Waals surface area contributed by atoms with Gasteiger partial charge in [0.05, 0.1) is 6.54 Å². The zero-order valence-electron chi connectivity index (χ0n) is 12.6. The Labute approximate surface area is 153 Å². The highest BCUT2D eigenvalue weighted by Crippen LogP contribution is 2.18. The van der Waals surface area contributed by atoms with Crippen LogP contribution in [0.25, 0.3) is 0 Å². The zero-order valence-corrected chi connectivity index (χ0v) is 16.5. The Morgan fingerprint density at radius 2 is 2.19 bits per heavy atom. The topological polar surface area (TPSA) is 45.7 Å². The van der Waals surface area contributed by atoms with Gasteiger partial charge in [-0.15, -0.1) is 24.0 Å². The van der Waals surface area contributed by atoms with E-state index in [1.165, 1.54) is 0 Å². The Morgan fingerprint density at radius 1 is 1.43 bits per heavy atom. The summed E-state index contributed by atoms with van der Waals surface area (Å²) >= 11 is 7.72. The summed E-state index contributed by atoms with van der Waals surface area (Å²) in [7, 11) is 1.76. The molecular weight excluding hydrogens is 421 g/mol. The van der Waals surface area contributed by atoms with Crippen LogP contribution in [-0.2, 0) is 0 Å². The van der Waals surface area contributed by atoms with Crippen molar-refractivity contribution in [3.8, 4) is 5.75 Å². The molecule has 0 radical (unpaired) electrons. The second-order valence-corrected chi connectivity index (χ2v) is 5.68. The molecule has 120 valence electrons. The van der Waals surface area contributed by atoms with Crippen molar-refractivity contribution in [2.75, 3.05) is 32.1 Å². The van der Waals surface area contributed by atoms with Crippen LogP contribution in [0.15, 0.2) is 29.3 Å². The molecular formula is C14H23ClIN3OS. The van der Waals surface area contributed by atoms with Gasteiger partial charge in [-0.2, -0.15) is 11.8 Å². The van der Waals surface area contributed by atoms with E-state index in [0.717, 1.165) is 24.0 Å². The molecule has 2 N–H and O–H groups in total. The lowest BCUT2D eigenvalue weighted by atomic mass is 10.3. The Hall–Kier alpha value is -0.340. The third-order valence-electron chi connectivity index (χ3n) is 2.51. The summed E-state index contributed by atoms with van der Waals surface area (Å²) in [6.07, 6.45) is 2.10. The van der Waals surface area contributed by atoms with E-state index in [9.17, 15) is 0 Å². The predicted octanol–water partition coefficient (Wildman–Crippen LogP) is 3.25. The van der Waals surface area contributed by atoms with E-state index in [0.29, 0.717) is 11.6 Å². The van der Waals surface area contributed by atoms with E-state index >= 15 is 0 Å². The van der Waals surface area contributed by atoms with Crippen LogP contribution >= 0.6 is 47.3 Å². The molecule has 1 unspecified atom stereocenters. The van der Waals surface area contributed by atoms with Crippen LogP contribution in [0.2, 0.25) is 5.02 Å². The van der Waals surface area contributed by atoms with Crippen LogP contribution in [0.3, 0.4) is 0 Å². The first-order valence-corrected chi connectivity index (χ1v) is 8.28. The maximum atomic E-state index is 5.92. The third-order valence-corrected chi connectivity index (χ3v) is 3.36. The van der Waals surface area contributed by atoms with E-state index in [2.05, 4.69) is 21.9 Å². The van der Waals surface area contributed by atoms with Crippen molar-refractivity contribution < 1.29 is 4.74 Å². The lowest BCUT2D eigenvalue weighted by Gasteiger charge is -2.17. The average Bonchev–Trinajstić information content (AvgIpc) is 2.42. The lowest BCUT2D eigenvalue weighted by Crippen LogP contribution is -2.42. The highest BCUT2D eigenvalue weighted by Gasteiger charge is 2.05. The van der Waals surface area contributed by atoms with Crippen molar-refractivity contribution >= 4 is 53.3 Å². The molecule has 1 rings (SSSR count). The molecule has 0 spiro atoms. The van der Waals surface area contributed by atoms with Crippen molar-refractivity contribution in [3.63, 3.8) is 0 Å². The molecule has 0 fully saturated rings. The van der Waals surface area contributed by atoms with Crippen LogP contribution in [0, 0.1) is 0 Å². The Kier molecular flexibility index (Phi) is 12.0. The highest BCUT2D eigenvalue weighted by molar-refractivity contribution is 14.0. The number of guanidine groups is 1. The number of thioether (sulfide) groups is 1.